The van der Waals surface area contributed by atoms with Crippen LogP contribution in [0.5, 0.6) is 5.75 Å². The fourth-order valence-electron chi connectivity index (χ4n) is 7.46. The first-order valence-electron chi connectivity index (χ1n) is 16.9. The van der Waals surface area contributed by atoms with Crippen molar-refractivity contribution in [1.82, 2.24) is 28.4 Å². The number of benzene rings is 3. The average Bonchev–Trinajstić information content (AvgIpc) is 3.74. The van der Waals surface area contributed by atoms with E-state index in [4.69, 9.17) is 26.5 Å². The molecule has 0 radical (unpaired) electrons. The van der Waals surface area contributed by atoms with Crippen molar-refractivity contribution in [2.45, 2.75) is 48.1 Å². The van der Waals surface area contributed by atoms with E-state index >= 15 is 0 Å². The van der Waals surface area contributed by atoms with Crippen molar-refractivity contribution >= 4 is 72.8 Å². The second kappa shape index (κ2) is 13.8. The molecule has 8 rings (SSSR count). The number of fused-ring (bicyclic) bond motifs is 10. The van der Waals surface area contributed by atoms with E-state index in [0.717, 1.165) is 60.9 Å². The van der Waals surface area contributed by atoms with Crippen LogP contribution in [-0.4, -0.2) is 67.3 Å². The van der Waals surface area contributed by atoms with Gasteiger partial charge in [0.1, 0.15) is 11.4 Å². The molecule has 0 saturated heterocycles. The maximum absolute atomic E-state index is 12.9. The van der Waals surface area contributed by atoms with Crippen LogP contribution in [0.25, 0.3) is 32.8 Å². The number of carboxylic acids is 1. The van der Waals surface area contributed by atoms with E-state index < -0.39 is 16.0 Å². The second-order valence-corrected chi connectivity index (χ2v) is 17.6. The van der Waals surface area contributed by atoms with Crippen molar-refractivity contribution in [2.75, 3.05) is 19.4 Å². The van der Waals surface area contributed by atoms with Crippen LogP contribution in [0.1, 0.15) is 45.2 Å². The minimum absolute atomic E-state index is 0.135. The lowest BCUT2D eigenvalue weighted by atomic mass is 9.97. The molecule has 0 spiro atoms. The molecule has 0 atom stereocenters. The molecule has 3 aromatic heterocycles. The van der Waals surface area contributed by atoms with Gasteiger partial charge in [0, 0.05) is 70.4 Å². The van der Waals surface area contributed by atoms with Crippen LogP contribution in [0.4, 0.5) is 0 Å². The maximum Gasteiger partial charge on any atom is 0.352 e. The maximum atomic E-state index is 12.9. The Morgan fingerprint density at radius 1 is 0.981 bits per heavy atom. The predicted octanol–water partition coefficient (Wildman–Crippen LogP) is 7.11. The highest BCUT2D eigenvalue weighted by atomic mass is 35.5. The number of carbonyl (C=O) groups is 1. The summed E-state index contributed by atoms with van der Waals surface area (Å²) in [6, 6.07) is 18.3. The molecule has 15 heteroatoms. The Morgan fingerprint density at radius 2 is 1.81 bits per heavy atom. The highest BCUT2D eigenvalue weighted by Crippen LogP contribution is 2.44. The molecule has 2 aliphatic rings. The summed E-state index contributed by atoms with van der Waals surface area (Å²) in [5.74, 6) is 1.64. The lowest BCUT2D eigenvalue weighted by Gasteiger charge is -2.26. The van der Waals surface area contributed by atoms with Gasteiger partial charge in [0.05, 0.1) is 53.6 Å². The molecule has 1 N–H and O–H groups in total. The van der Waals surface area contributed by atoms with Gasteiger partial charge < -0.3 is 14.4 Å². The highest BCUT2D eigenvalue weighted by Gasteiger charge is 2.32. The second-order valence-electron chi connectivity index (χ2n) is 13.2. The molecule has 270 valence electrons. The van der Waals surface area contributed by atoms with Gasteiger partial charge in [0.15, 0.2) is 0 Å². The zero-order valence-electron chi connectivity index (χ0n) is 28.9. The first-order chi connectivity index (χ1) is 25.0. The smallest absolute Gasteiger partial charge is 0.352 e. The Kier molecular flexibility index (Phi) is 9.31. The molecule has 0 amide bonds. The van der Waals surface area contributed by atoms with Crippen molar-refractivity contribution in [1.29, 1.82) is 0 Å². The van der Waals surface area contributed by atoms with Crippen LogP contribution in [0.2, 0.25) is 5.02 Å². The molecule has 2 aliphatic heterocycles. The topological polar surface area (TPSA) is 124 Å². The van der Waals surface area contributed by atoms with Gasteiger partial charge in [0.25, 0.3) is 0 Å². The number of hydrogen-bond acceptors (Lipinski definition) is 8. The number of carboxylic acid groups (broad SMARTS) is 1. The minimum Gasteiger partial charge on any atom is -0.493 e. The summed E-state index contributed by atoms with van der Waals surface area (Å²) in [4.78, 5) is 14.0. The molecule has 0 fully saturated rings. The molecule has 0 saturated carbocycles. The highest BCUT2D eigenvalue weighted by molar-refractivity contribution is 7.98. The van der Waals surface area contributed by atoms with Crippen molar-refractivity contribution < 1.29 is 23.1 Å². The van der Waals surface area contributed by atoms with E-state index in [2.05, 4.69) is 30.3 Å². The van der Waals surface area contributed by atoms with Crippen LogP contribution in [-0.2, 0) is 60.9 Å². The molecular weight excluding hydrogens is 740 g/mol. The molecule has 5 heterocycles. The van der Waals surface area contributed by atoms with Crippen LogP contribution in [0, 0.1) is 0 Å². The zero-order chi connectivity index (χ0) is 36.3. The van der Waals surface area contributed by atoms with Gasteiger partial charge in [-0.1, -0.05) is 41.9 Å². The summed E-state index contributed by atoms with van der Waals surface area (Å²) in [5, 5.41) is 23.7. The Bertz CT molecular complexity index is 2510. The van der Waals surface area contributed by atoms with E-state index in [9.17, 15) is 18.3 Å². The molecule has 3 aromatic carbocycles. The third-order valence-electron chi connectivity index (χ3n) is 9.88. The number of aryl methyl sites for hydroxylation is 3. The number of thioether (sulfide) groups is 2. The Labute approximate surface area is 314 Å². The molecular formula is C37H37ClN6O5S3. The number of aromatic nitrogens is 5. The van der Waals surface area contributed by atoms with Gasteiger partial charge in [-0.25, -0.2) is 13.2 Å². The summed E-state index contributed by atoms with van der Waals surface area (Å²) in [6.45, 7) is 1.23. The molecule has 11 nitrogen and oxygen atoms in total. The molecule has 6 aromatic rings. The van der Waals surface area contributed by atoms with E-state index in [1.165, 1.54) is 10.6 Å². The van der Waals surface area contributed by atoms with Crippen LogP contribution >= 0.6 is 35.1 Å². The first-order valence-corrected chi connectivity index (χ1v) is 21.3. The fourth-order valence-corrected chi connectivity index (χ4v) is 10.3. The SMILES string of the molecule is Cn1nc2cc1CSc1cc(c3ccccc3c1)OCCCc1c(C(=O)O)n(C)c3c(c(Cl)ccc13)-c1c(nn3c1CN(S(C)(=O)=O)CC3)CSC2. The van der Waals surface area contributed by atoms with Gasteiger partial charge in [-0.05, 0) is 48.1 Å². The minimum atomic E-state index is -3.49. The summed E-state index contributed by atoms with van der Waals surface area (Å²) in [7, 11) is 0.237. The zero-order valence-corrected chi connectivity index (χ0v) is 32.1. The molecule has 0 unspecified atom stereocenters. The lowest BCUT2D eigenvalue weighted by Crippen LogP contribution is -2.37. The van der Waals surface area contributed by atoms with Gasteiger partial charge >= 0.3 is 5.97 Å². The first kappa shape index (κ1) is 35.1. The molecule has 8 bridgehead atoms. The van der Waals surface area contributed by atoms with Crippen LogP contribution in [0.15, 0.2) is 59.5 Å². The van der Waals surface area contributed by atoms with Gasteiger partial charge in [-0.15, -0.1) is 23.5 Å². The van der Waals surface area contributed by atoms with E-state index in [-0.39, 0.29) is 12.2 Å². The number of rotatable bonds is 2. The van der Waals surface area contributed by atoms with Crippen LogP contribution in [0.3, 0.4) is 0 Å². The third kappa shape index (κ3) is 6.38. The van der Waals surface area contributed by atoms with E-state index in [1.807, 2.05) is 40.7 Å². The molecule has 52 heavy (non-hydrogen) atoms. The summed E-state index contributed by atoms with van der Waals surface area (Å²) >= 11 is 10.5. The Hall–Kier alpha value is -3.95. The standard InChI is InChI=1S/C37H37ClN6O5S3/c1-41-35-28-10-11-29(38)33(35)34-30(40-44-13-12-43(18-31(34)44)52(3,47)48)21-50-19-23-16-24(42(2)39-23)20-51-25-15-22-7-4-5-8-26(22)32(17-25)49-14-6-9-27(28)36(41)37(45)46/h4-5,7-8,10-11,15-17H,6,9,12-14,18-21H2,1-3H3,(H,45,46). The van der Waals surface area contributed by atoms with Gasteiger partial charge in [-0.3, -0.25) is 9.36 Å². The average molecular weight is 777 g/mol. The Balaban J connectivity index is 1.28. The van der Waals surface area contributed by atoms with Gasteiger partial charge in [-0.2, -0.15) is 14.5 Å². The summed E-state index contributed by atoms with van der Waals surface area (Å²) in [5.41, 5.74) is 6.52. The largest absolute Gasteiger partial charge is 0.493 e. The summed E-state index contributed by atoms with van der Waals surface area (Å²) in [6.07, 6.45) is 2.26. The molecule has 0 aliphatic carbocycles. The van der Waals surface area contributed by atoms with Crippen molar-refractivity contribution in [3.63, 3.8) is 0 Å². The van der Waals surface area contributed by atoms with E-state index in [0.29, 0.717) is 65.7 Å². The van der Waals surface area contributed by atoms with Crippen molar-refractivity contribution in [3.05, 3.63) is 93.7 Å². The van der Waals surface area contributed by atoms with Gasteiger partial charge in [0.2, 0.25) is 10.0 Å². The number of hydrogen-bond donors (Lipinski definition) is 1. The summed E-state index contributed by atoms with van der Waals surface area (Å²) < 4.78 is 38.9. The van der Waals surface area contributed by atoms with Crippen molar-refractivity contribution in [2.24, 2.45) is 14.1 Å². The van der Waals surface area contributed by atoms with E-state index in [1.54, 1.807) is 35.1 Å². The number of nitrogens with zero attached hydrogens (tertiary/aromatic N) is 6. The van der Waals surface area contributed by atoms with Crippen molar-refractivity contribution in [3.8, 4) is 16.9 Å². The normalized spacial score (nSPS) is 16.0. The van der Waals surface area contributed by atoms with Crippen LogP contribution < -0.4 is 4.74 Å². The number of halogens is 1. The number of sulfonamides is 1. The fraction of sp³-hybridized carbons (Fsp3) is 0.324. The number of ether oxygens (including phenoxy) is 1. The quantitative estimate of drug-likeness (QED) is 0.196. The lowest BCUT2D eigenvalue weighted by molar-refractivity contribution is 0.0685. The predicted molar refractivity (Wildman–Crippen MR) is 207 cm³/mol. The third-order valence-corrected chi connectivity index (χ3v) is 13.4. The number of aromatic carboxylic acids is 1. The monoisotopic (exact) mass is 776 g/mol. The Morgan fingerprint density at radius 3 is 2.62 bits per heavy atom.